The number of nitrogens with one attached hydrogen (secondary N) is 1. The molecule has 0 bridgehead atoms. The lowest BCUT2D eigenvalue weighted by Gasteiger charge is -2.08. The number of nitrogen functional groups attached to an aromatic ring is 1. The highest BCUT2D eigenvalue weighted by atomic mass is 32.2. The maximum Gasteiger partial charge on any atom is 0.273 e. The van der Waals surface area contributed by atoms with E-state index in [-0.39, 0.29) is 9.34 Å². The average molecular weight is 313 g/mol. The Bertz CT molecular complexity index is 693. The molecule has 0 amide bonds. The van der Waals surface area contributed by atoms with Crippen LogP contribution in [-0.2, 0) is 10.0 Å². The van der Waals surface area contributed by atoms with Crippen LogP contribution < -0.4 is 15.2 Å². The van der Waals surface area contributed by atoms with Gasteiger partial charge in [0.2, 0.25) is 0 Å². The van der Waals surface area contributed by atoms with Gasteiger partial charge in [0.25, 0.3) is 10.0 Å². The van der Waals surface area contributed by atoms with E-state index in [0.717, 1.165) is 11.3 Å². The summed E-state index contributed by atoms with van der Waals surface area (Å²) in [6.45, 7) is 4.05. The number of sulfonamides is 1. The largest absolute Gasteiger partial charge is 0.494 e. The van der Waals surface area contributed by atoms with E-state index in [1.807, 2.05) is 6.92 Å². The van der Waals surface area contributed by atoms with Gasteiger partial charge < -0.3 is 10.5 Å². The Kier molecular flexibility index (Phi) is 4.15. The lowest BCUT2D eigenvalue weighted by molar-refractivity contribution is 0.340. The fraction of sp³-hybridized carbons (Fsp3) is 0.250. The number of hydrogen-bond donors (Lipinski definition) is 2. The first-order valence-electron chi connectivity index (χ1n) is 5.91. The maximum atomic E-state index is 12.2. The Morgan fingerprint density at radius 3 is 2.50 bits per heavy atom. The molecule has 0 unspecified atom stereocenters. The zero-order valence-electron chi connectivity index (χ0n) is 11.1. The molecule has 0 fully saturated rings. The number of hydrogen-bond acceptors (Lipinski definition) is 6. The Balaban J connectivity index is 2.22. The summed E-state index contributed by atoms with van der Waals surface area (Å²) < 4.78 is 32.4. The van der Waals surface area contributed by atoms with Crippen molar-refractivity contribution in [1.82, 2.24) is 4.98 Å². The first-order valence-corrected chi connectivity index (χ1v) is 8.21. The van der Waals surface area contributed by atoms with Crippen LogP contribution in [0.1, 0.15) is 12.6 Å². The third-order valence-corrected chi connectivity index (χ3v) is 5.41. The molecule has 8 heteroatoms. The summed E-state index contributed by atoms with van der Waals surface area (Å²) in [7, 11) is -3.66. The van der Waals surface area contributed by atoms with Crippen molar-refractivity contribution in [3.05, 3.63) is 30.0 Å². The Morgan fingerprint density at radius 2 is 2.00 bits per heavy atom. The van der Waals surface area contributed by atoms with Crippen LogP contribution in [0.4, 0.5) is 10.8 Å². The second kappa shape index (κ2) is 5.68. The van der Waals surface area contributed by atoms with Crippen molar-refractivity contribution in [3.63, 3.8) is 0 Å². The first kappa shape index (κ1) is 14.6. The number of aromatic nitrogens is 1. The highest BCUT2D eigenvalue weighted by Gasteiger charge is 2.21. The fourth-order valence-electron chi connectivity index (χ4n) is 1.64. The Hall–Kier alpha value is -1.80. The summed E-state index contributed by atoms with van der Waals surface area (Å²) in [6, 6.07) is 6.69. The summed E-state index contributed by atoms with van der Waals surface area (Å²) in [5.74, 6) is 0.689. The van der Waals surface area contributed by atoms with E-state index in [9.17, 15) is 8.42 Å². The molecule has 0 aliphatic rings. The summed E-state index contributed by atoms with van der Waals surface area (Å²) in [4.78, 5) is 3.91. The molecule has 3 N–H and O–H groups in total. The number of benzene rings is 1. The van der Waals surface area contributed by atoms with Gasteiger partial charge in [0.1, 0.15) is 5.75 Å². The van der Waals surface area contributed by atoms with E-state index in [1.54, 1.807) is 31.2 Å². The van der Waals surface area contributed by atoms with E-state index in [2.05, 4.69) is 9.71 Å². The van der Waals surface area contributed by atoms with E-state index < -0.39 is 10.0 Å². The third kappa shape index (κ3) is 3.20. The number of ether oxygens (including phenoxy) is 1. The molecule has 0 saturated carbocycles. The normalized spacial score (nSPS) is 11.3. The standard InChI is InChI=1S/C12H15N3O3S2/c1-3-18-10-6-4-9(5-7-10)15-20(16,17)11-8(2)14-12(13)19-11/h4-7,15H,3H2,1-2H3,(H2,13,14). The van der Waals surface area contributed by atoms with Gasteiger partial charge in [0.15, 0.2) is 9.34 Å². The number of rotatable bonds is 5. The van der Waals surface area contributed by atoms with Crippen molar-refractivity contribution in [2.75, 3.05) is 17.1 Å². The molecular formula is C12H15N3O3S2. The molecule has 0 atom stereocenters. The third-order valence-electron chi connectivity index (χ3n) is 2.43. The van der Waals surface area contributed by atoms with Gasteiger partial charge in [-0.1, -0.05) is 11.3 Å². The second-order valence-electron chi connectivity index (χ2n) is 3.99. The average Bonchev–Trinajstić information content (AvgIpc) is 2.72. The first-order chi connectivity index (χ1) is 9.42. The summed E-state index contributed by atoms with van der Waals surface area (Å²) in [6.07, 6.45) is 0. The van der Waals surface area contributed by atoms with Crippen LogP contribution >= 0.6 is 11.3 Å². The topological polar surface area (TPSA) is 94.3 Å². The van der Waals surface area contributed by atoms with Crippen molar-refractivity contribution < 1.29 is 13.2 Å². The van der Waals surface area contributed by atoms with Gasteiger partial charge in [-0.2, -0.15) is 0 Å². The zero-order chi connectivity index (χ0) is 14.8. The number of thiazole rings is 1. The van der Waals surface area contributed by atoms with Crippen LogP contribution in [-0.4, -0.2) is 20.0 Å². The molecular weight excluding hydrogens is 298 g/mol. The van der Waals surface area contributed by atoms with Crippen LogP contribution in [0, 0.1) is 6.92 Å². The van der Waals surface area contributed by atoms with Gasteiger partial charge in [-0.25, -0.2) is 13.4 Å². The van der Waals surface area contributed by atoms with Crippen molar-refractivity contribution in [1.29, 1.82) is 0 Å². The summed E-state index contributed by atoms with van der Waals surface area (Å²) in [5, 5.41) is 0.231. The van der Waals surface area contributed by atoms with Gasteiger partial charge in [-0.05, 0) is 38.1 Å². The van der Waals surface area contributed by atoms with Gasteiger partial charge in [0.05, 0.1) is 12.3 Å². The molecule has 0 spiro atoms. The van der Waals surface area contributed by atoms with Crippen LogP contribution in [0.25, 0.3) is 0 Å². The predicted octanol–water partition coefficient (Wildman–Crippen LogP) is 2.23. The molecule has 2 rings (SSSR count). The summed E-state index contributed by atoms with van der Waals surface area (Å²) in [5.41, 5.74) is 6.37. The second-order valence-corrected chi connectivity index (χ2v) is 6.90. The molecule has 1 aromatic carbocycles. The monoisotopic (exact) mass is 313 g/mol. The van der Waals surface area contributed by atoms with Crippen molar-refractivity contribution in [3.8, 4) is 5.75 Å². The molecule has 1 heterocycles. The molecule has 108 valence electrons. The number of nitrogens with two attached hydrogens (primary N) is 1. The minimum Gasteiger partial charge on any atom is -0.494 e. The molecule has 20 heavy (non-hydrogen) atoms. The van der Waals surface area contributed by atoms with Gasteiger partial charge in [-0.3, -0.25) is 4.72 Å². The number of nitrogens with zero attached hydrogens (tertiary/aromatic N) is 1. The van der Waals surface area contributed by atoms with Crippen LogP contribution in [0.5, 0.6) is 5.75 Å². The van der Waals surface area contributed by atoms with Crippen LogP contribution in [0.15, 0.2) is 28.5 Å². The van der Waals surface area contributed by atoms with Crippen LogP contribution in [0.2, 0.25) is 0 Å². The van der Waals surface area contributed by atoms with E-state index >= 15 is 0 Å². The quantitative estimate of drug-likeness (QED) is 0.882. The molecule has 0 saturated heterocycles. The van der Waals surface area contributed by atoms with Gasteiger partial charge >= 0.3 is 0 Å². The SMILES string of the molecule is CCOc1ccc(NS(=O)(=O)c2sc(N)nc2C)cc1. The number of aryl methyl sites for hydroxylation is 1. The lowest BCUT2D eigenvalue weighted by atomic mass is 10.3. The summed E-state index contributed by atoms with van der Waals surface area (Å²) >= 11 is 0.943. The highest BCUT2D eigenvalue weighted by molar-refractivity contribution is 7.94. The minimum absolute atomic E-state index is 0.129. The molecule has 6 nitrogen and oxygen atoms in total. The van der Waals surface area contributed by atoms with Crippen LogP contribution in [0.3, 0.4) is 0 Å². The molecule has 0 aliphatic carbocycles. The lowest BCUT2D eigenvalue weighted by Crippen LogP contribution is -2.12. The Labute approximate surface area is 121 Å². The predicted molar refractivity (Wildman–Crippen MR) is 79.7 cm³/mol. The van der Waals surface area contributed by atoms with E-state index in [4.69, 9.17) is 10.5 Å². The Morgan fingerprint density at radius 1 is 1.35 bits per heavy atom. The molecule has 0 aliphatic heterocycles. The van der Waals surface area contributed by atoms with Crippen molar-refractivity contribution in [2.45, 2.75) is 18.1 Å². The van der Waals surface area contributed by atoms with Crippen molar-refractivity contribution in [2.24, 2.45) is 0 Å². The molecule has 1 aromatic heterocycles. The van der Waals surface area contributed by atoms with E-state index in [1.165, 1.54) is 0 Å². The van der Waals surface area contributed by atoms with Gasteiger partial charge in [-0.15, -0.1) is 0 Å². The van der Waals surface area contributed by atoms with Gasteiger partial charge in [0, 0.05) is 5.69 Å². The van der Waals surface area contributed by atoms with Crippen molar-refractivity contribution >= 4 is 32.2 Å². The zero-order valence-corrected chi connectivity index (χ0v) is 12.7. The number of anilines is 2. The molecule has 2 aromatic rings. The minimum atomic E-state index is -3.66. The fourth-order valence-corrected chi connectivity index (χ4v) is 4.00. The van der Waals surface area contributed by atoms with E-state index in [0.29, 0.717) is 23.7 Å². The smallest absolute Gasteiger partial charge is 0.273 e. The maximum absolute atomic E-state index is 12.2. The molecule has 0 radical (unpaired) electrons. The highest BCUT2D eigenvalue weighted by Crippen LogP contribution is 2.27.